The zero-order valence-electron chi connectivity index (χ0n) is 14.8. The fourth-order valence-electron chi connectivity index (χ4n) is 2.84. The molecule has 0 aromatic heterocycles. The summed E-state index contributed by atoms with van der Waals surface area (Å²) in [6.07, 6.45) is 0. The van der Waals surface area contributed by atoms with Gasteiger partial charge in [-0.1, -0.05) is 72.8 Å². The van der Waals surface area contributed by atoms with Gasteiger partial charge in [-0.2, -0.15) is 5.10 Å². The standard InChI is InChI=1S/C22H20N2O3/c1-16(19-14-8-9-15-20(19)25)23-24-21(26)22(27,17-10-4-2-5-11-17)18-12-6-3-7-13-18/h2-15,25,27H,1H3,(H,24,26)/b23-16-. The molecule has 0 atom stereocenters. The number of carbonyl (C=O) groups excluding carboxylic acids is 1. The van der Waals surface area contributed by atoms with Gasteiger partial charge in [-0.05, 0) is 30.2 Å². The van der Waals surface area contributed by atoms with Crippen molar-refractivity contribution in [1.82, 2.24) is 5.43 Å². The van der Waals surface area contributed by atoms with Crippen LogP contribution in [0.2, 0.25) is 0 Å². The van der Waals surface area contributed by atoms with E-state index in [2.05, 4.69) is 10.5 Å². The molecule has 0 aliphatic rings. The van der Waals surface area contributed by atoms with Gasteiger partial charge >= 0.3 is 0 Å². The molecule has 0 fully saturated rings. The number of amides is 1. The van der Waals surface area contributed by atoms with E-state index in [1.54, 1.807) is 79.7 Å². The number of hydrogen-bond acceptors (Lipinski definition) is 4. The number of nitrogens with one attached hydrogen (secondary N) is 1. The van der Waals surface area contributed by atoms with Gasteiger partial charge in [0.05, 0.1) is 5.71 Å². The molecule has 0 unspecified atom stereocenters. The van der Waals surface area contributed by atoms with E-state index in [0.717, 1.165) is 0 Å². The lowest BCUT2D eigenvalue weighted by molar-refractivity contribution is -0.136. The summed E-state index contributed by atoms with van der Waals surface area (Å²) in [6.45, 7) is 1.67. The van der Waals surface area contributed by atoms with E-state index in [1.165, 1.54) is 0 Å². The Kier molecular flexibility index (Phi) is 5.33. The lowest BCUT2D eigenvalue weighted by Gasteiger charge is -2.27. The Labute approximate surface area is 157 Å². The molecule has 0 bridgehead atoms. The molecule has 3 rings (SSSR count). The molecule has 0 radical (unpaired) electrons. The van der Waals surface area contributed by atoms with Gasteiger partial charge in [0.15, 0.2) is 5.60 Å². The zero-order valence-corrected chi connectivity index (χ0v) is 14.8. The summed E-state index contributed by atoms with van der Waals surface area (Å²) in [5.74, 6) is -0.621. The average molecular weight is 360 g/mol. The summed E-state index contributed by atoms with van der Waals surface area (Å²) < 4.78 is 0. The first-order valence-electron chi connectivity index (χ1n) is 8.50. The highest BCUT2D eigenvalue weighted by molar-refractivity contribution is 6.02. The molecule has 5 heteroatoms. The molecule has 0 saturated carbocycles. The number of phenolic OH excluding ortho intramolecular Hbond substituents is 1. The van der Waals surface area contributed by atoms with Gasteiger partial charge in [0, 0.05) is 5.56 Å². The monoisotopic (exact) mass is 360 g/mol. The van der Waals surface area contributed by atoms with E-state index < -0.39 is 11.5 Å². The highest BCUT2D eigenvalue weighted by atomic mass is 16.3. The Morgan fingerprint density at radius 3 is 1.85 bits per heavy atom. The van der Waals surface area contributed by atoms with Crippen molar-refractivity contribution in [2.75, 3.05) is 0 Å². The summed E-state index contributed by atoms with van der Waals surface area (Å²) in [5, 5.41) is 25.3. The van der Waals surface area contributed by atoms with Gasteiger partial charge in [-0.25, -0.2) is 5.43 Å². The van der Waals surface area contributed by atoms with Crippen LogP contribution < -0.4 is 5.43 Å². The number of aromatic hydroxyl groups is 1. The minimum atomic E-state index is -1.90. The van der Waals surface area contributed by atoms with Crippen LogP contribution in [-0.2, 0) is 10.4 Å². The number of phenols is 1. The van der Waals surface area contributed by atoms with E-state index in [9.17, 15) is 15.0 Å². The third-order valence-electron chi connectivity index (χ3n) is 4.33. The van der Waals surface area contributed by atoms with Crippen LogP contribution in [0, 0.1) is 0 Å². The molecule has 1 amide bonds. The average Bonchev–Trinajstić information content (AvgIpc) is 2.72. The van der Waals surface area contributed by atoms with Crippen molar-refractivity contribution in [1.29, 1.82) is 0 Å². The molecule has 136 valence electrons. The highest BCUT2D eigenvalue weighted by Gasteiger charge is 2.39. The number of para-hydroxylation sites is 1. The van der Waals surface area contributed by atoms with Crippen LogP contribution in [0.5, 0.6) is 5.75 Å². The zero-order chi connectivity index (χ0) is 19.3. The van der Waals surface area contributed by atoms with Gasteiger partial charge in [0.2, 0.25) is 0 Å². The maximum atomic E-state index is 13.0. The van der Waals surface area contributed by atoms with Crippen LogP contribution in [0.25, 0.3) is 0 Å². The molecule has 3 N–H and O–H groups in total. The second-order valence-electron chi connectivity index (χ2n) is 6.10. The molecule has 0 saturated heterocycles. The normalized spacial score (nSPS) is 11.9. The predicted octanol–water partition coefficient (Wildman–Crippen LogP) is 3.17. The lowest BCUT2D eigenvalue weighted by Crippen LogP contribution is -2.43. The molecular formula is C22H20N2O3. The Morgan fingerprint density at radius 2 is 1.33 bits per heavy atom. The van der Waals surface area contributed by atoms with Crippen LogP contribution in [-0.4, -0.2) is 21.8 Å². The van der Waals surface area contributed by atoms with Crippen molar-refractivity contribution in [2.45, 2.75) is 12.5 Å². The van der Waals surface area contributed by atoms with Crippen LogP contribution >= 0.6 is 0 Å². The fourth-order valence-corrected chi connectivity index (χ4v) is 2.84. The second kappa shape index (κ2) is 7.85. The third kappa shape index (κ3) is 3.73. The van der Waals surface area contributed by atoms with Crippen LogP contribution in [0.4, 0.5) is 0 Å². The number of hydrogen-bond donors (Lipinski definition) is 3. The minimum absolute atomic E-state index is 0.0642. The number of carbonyl (C=O) groups is 1. The smallest absolute Gasteiger partial charge is 0.281 e. The number of nitrogens with zero attached hydrogens (tertiary/aromatic N) is 1. The third-order valence-corrected chi connectivity index (χ3v) is 4.33. The van der Waals surface area contributed by atoms with Crippen LogP contribution in [0.3, 0.4) is 0 Å². The summed E-state index contributed by atoms with van der Waals surface area (Å²) in [4.78, 5) is 13.0. The Bertz CT molecular complexity index is 914. The summed E-state index contributed by atoms with van der Waals surface area (Å²) in [6, 6.07) is 24.1. The molecule has 0 spiro atoms. The molecule has 27 heavy (non-hydrogen) atoms. The van der Waals surface area contributed by atoms with Crippen molar-refractivity contribution in [3.05, 3.63) is 102 Å². The van der Waals surface area contributed by atoms with Crippen molar-refractivity contribution in [3.8, 4) is 5.75 Å². The van der Waals surface area contributed by atoms with E-state index >= 15 is 0 Å². The molecule has 5 nitrogen and oxygen atoms in total. The first-order chi connectivity index (χ1) is 13.0. The number of aliphatic hydroxyl groups is 1. The van der Waals surface area contributed by atoms with Gasteiger partial charge in [-0.3, -0.25) is 4.79 Å². The van der Waals surface area contributed by atoms with Crippen LogP contribution in [0.15, 0.2) is 90.0 Å². The summed E-state index contributed by atoms with van der Waals surface area (Å²) >= 11 is 0. The predicted molar refractivity (Wildman–Crippen MR) is 104 cm³/mol. The Hall–Kier alpha value is -3.44. The van der Waals surface area contributed by atoms with Crippen LogP contribution in [0.1, 0.15) is 23.6 Å². The second-order valence-corrected chi connectivity index (χ2v) is 6.10. The maximum Gasteiger partial charge on any atom is 0.281 e. The van der Waals surface area contributed by atoms with Crippen molar-refractivity contribution < 1.29 is 15.0 Å². The lowest BCUT2D eigenvalue weighted by atomic mass is 9.85. The fraction of sp³-hybridized carbons (Fsp3) is 0.0909. The first-order valence-corrected chi connectivity index (χ1v) is 8.50. The summed E-state index contributed by atoms with van der Waals surface area (Å²) in [5.41, 5.74) is 2.33. The van der Waals surface area contributed by atoms with Crippen molar-refractivity contribution >= 4 is 11.6 Å². The van der Waals surface area contributed by atoms with Gasteiger partial charge in [0.25, 0.3) is 5.91 Å². The number of hydrazone groups is 1. The Balaban J connectivity index is 1.95. The largest absolute Gasteiger partial charge is 0.507 e. The molecule has 3 aromatic rings. The quantitative estimate of drug-likeness (QED) is 0.483. The SMILES string of the molecule is C/C(=N/NC(=O)C(O)(c1ccccc1)c1ccccc1)c1ccccc1O. The van der Waals surface area contributed by atoms with Crippen molar-refractivity contribution in [3.63, 3.8) is 0 Å². The maximum absolute atomic E-state index is 13.0. The van der Waals surface area contributed by atoms with E-state index in [1.807, 2.05) is 12.1 Å². The molecular weight excluding hydrogens is 340 g/mol. The Morgan fingerprint density at radius 1 is 0.852 bits per heavy atom. The molecule has 0 heterocycles. The van der Waals surface area contributed by atoms with Crippen molar-refractivity contribution in [2.24, 2.45) is 5.10 Å². The molecule has 0 aliphatic heterocycles. The molecule has 3 aromatic carbocycles. The van der Waals surface area contributed by atoms with Gasteiger partial charge in [0.1, 0.15) is 5.75 Å². The summed E-state index contributed by atoms with van der Waals surface area (Å²) in [7, 11) is 0. The van der Waals surface area contributed by atoms with E-state index in [0.29, 0.717) is 22.4 Å². The van der Waals surface area contributed by atoms with E-state index in [-0.39, 0.29) is 5.75 Å². The van der Waals surface area contributed by atoms with E-state index in [4.69, 9.17) is 0 Å². The van der Waals surface area contributed by atoms with Gasteiger partial charge < -0.3 is 10.2 Å². The van der Waals surface area contributed by atoms with Gasteiger partial charge in [-0.15, -0.1) is 0 Å². The number of rotatable bonds is 5. The number of benzene rings is 3. The minimum Gasteiger partial charge on any atom is -0.507 e. The molecule has 0 aliphatic carbocycles. The highest BCUT2D eigenvalue weighted by Crippen LogP contribution is 2.30. The first kappa shape index (κ1) is 18.4. The topological polar surface area (TPSA) is 81.9 Å².